The summed E-state index contributed by atoms with van der Waals surface area (Å²) < 4.78 is 25.6. The number of amides is 1. The molecule has 1 aliphatic carbocycles. The zero-order valence-corrected chi connectivity index (χ0v) is 17.3. The van der Waals surface area contributed by atoms with Crippen molar-refractivity contribution >= 4 is 21.6 Å². The second-order valence-electron chi connectivity index (χ2n) is 7.79. The molecule has 1 aliphatic rings. The molecule has 5 nitrogen and oxygen atoms in total. The lowest BCUT2D eigenvalue weighted by molar-refractivity contribution is 0.0936. The molecule has 0 unspecified atom stereocenters. The Balaban J connectivity index is 1.78. The average molecular weight is 401 g/mol. The predicted octanol–water partition coefficient (Wildman–Crippen LogP) is 4.00. The van der Waals surface area contributed by atoms with E-state index in [1.54, 1.807) is 18.2 Å². The molecule has 2 aromatic carbocycles. The Morgan fingerprint density at radius 1 is 1.04 bits per heavy atom. The van der Waals surface area contributed by atoms with Crippen molar-refractivity contribution in [2.75, 3.05) is 17.5 Å². The van der Waals surface area contributed by atoms with Gasteiger partial charge in [0.15, 0.2) is 0 Å². The molecule has 28 heavy (non-hydrogen) atoms. The number of hydrogen-bond donors (Lipinski definition) is 2. The first-order valence-corrected chi connectivity index (χ1v) is 11.6. The van der Waals surface area contributed by atoms with Crippen LogP contribution in [0.15, 0.2) is 48.5 Å². The van der Waals surface area contributed by atoms with Gasteiger partial charge in [-0.25, -0.2) is 8.42 Å². The maximum atomic E-state index is 12.8. The Hall–Kier alpha value is -2.34. The van der Waals surface area contributed by atoms with Crippen LogP contribution >= 0.6 is 0 Å². The molecular weight excluding hydrogens is 372 g/mol. The fourth-order valence-corrected chi connectivity index (χ4v) is 4.63. The van der Waals surface area contributed by atoms with Crippen LogP contribution in [0.5, 0.6) is 0 Å². The van der Waals surface area contributed by atoms with Crippen molar-refractivity contribution in [2.45, 2.75) is 44.4 Å². The topological polar surface area (TPSA) is 75.3 Å². The molecular formula is C22H28N2O3S. The van der Waals surface area contributed by atoms with E-state index < -0.39 is 10.0 Å². The fraction of sp³-hybridized carbons (Fsp3) is 0.409. The maximum Gasteiger partial charge on any atom is 0.251 e. The molecule has 2 aromatic rings. The minimum absolute atomic E-state index is 0.0340. The third kappa shape index (κ3) is 4.93. The first-order chi connectivity index (χ1) is 13.3. The Kier molecular flexibility index (Phi) is 6.08. The molecule has 0 saturated heterocycles. The lowest BCUT2D eigenvalue weighted by atomic mass is 9.69. The molecule has 1 amide bonds. The summed E-state index contributed by atoms with van der Waals surface area (Å²) in [5.74, 6) is -0.183. The summed E-state index contributed by atoms with van der Waals surface area (Å²) in [6.45, 7) is 2.39. The van der Waals surface area contributed by atoms with E-state index in [-0.39, 0.29) is 11.3 Å². The predicted molar refractivity (Wildman–Crippen MR) is 113 cm³/mol. The van der Waals surface area contributed by atoms with Crippen molar-refractivity contribution in [1.29, 1.82) is 0 Å². The lowest BCUT2D eigenvalue weighted by Gasteiger charge is -2.38. The zero-order chi connectivity index (χ0) is 20.2. The van der Waals surface area contributed by atoms with Gasteiger partial charge in [0.25, 0.3) is 5.91 Å². The number of anilines is 1. The molecule has 6 heteroatoms. The number of hydrogen-bond acceptors (Lipinski definition) is 3. The van der Waals surface area contributed by atoms with Gasteiger partial charge in [-0.15, -0.1) is 0 Å². The van der Waals surface area contributed by atoms with Crippen molar-refractivity contribution < 1.29 is 13.2 Å². The second-order valence-corrected chi connectivity index (χ2v) is 9.54. The van der Waals surface area contributed by atoms with Gasteiger partial charge in [-0.05, 0) is 43.0 Å². The van der Waals surface area contributed by atoms with Crippen LogP contribution in [0.1, 0.15) is 53.6 Å². The third-order valence-electron chi connectivity index (χ3n) is 5.58. The first kappa shape index (κ1) is 20.4. The first-order valence-electron chi connectivity index (χ1n) is 9.71. The molecule has 1 fully saturated rings. The Morgan fingerprint density at radius 2 is 1.71 bits per heavy atom. The summed E-state index contributed by atoms with van der Waals surface area (Å²) in [6.07, 6.45) is 6.79. The Labute approximate surface area is 167 Å². The smallest absolute Gasteiger partial charge is 0.251 e. The van der Waals surface area contributed by atoms with Crippen LogP contribution in [0.2, 0.25) is 0 Å². The Bertz CT molecular complexity index is 934. The van der Waals surface area contributed by atoms with Crippen molar-refractivity contribution in [1.82, 2.24) is 5.32 Å². The summed E-state index contributed by atoms with van der Waals surface area (Å²) in [4.78, 5) is 12.8. The van der Waals surface area contributed by atoms with Crippen LogP contribution < -0.4 is 10.0 Å². The van der Waals surface area contributed by atoms with Crippen LogP contribution in [-0.2, 0) is 15.4 Å². The fourth-order valence-electron chi connectivity index (χ4n) is 4.01. The highest BCUT2D eigenvalue weighted by atomic mass is 32.2. The molecule has 150 valence electrons. The van der Waals surface area contributed by atoms with E-state index in [1.807, 2.05) is 13.0 Å². The van der Waals surface area contributed by atoms with E-state index in [2.05, 4.69) is 34.3 Å². The SMILES string of the molecule is Cc1ccc(C(=O)NCC2(c3ccccc3)CCCCC2)cc1NS(C)(=O)=O. The summed E-state index contributed by atoms with van der Waals surface area (Å²) in [5.41, 5.74) is 2.91. The lowest BCUT2D eigenvalue weighted by Crippen LogP contribution is -2.42. The summed E-state index contributed by atoms with van der Waals surface area (Å²) >= 11 is 0. The number of sulfonamides is 1. The van der Waals surface area contributed by atoms with Gasteiger partial charge in [0.05, 0.1) is 11.9 Å². The van der Waals surface area contributed by atoms with Crippen molar-refractivity contribution in [3.8, 4) is 0 Å². The minimum atomic E-state index is -3.40. The zero-order valence-electron chi connectivity index (χ0n) is 16.5. The van der Waals surface area contributed by atoms with Crippen molar-refractivity contribution in [2.24, 2.45) is 0 Å². The minimum Gasteiger partial charge on any atom is -0.351 e. The number of aryl methyl sites for hydroxylation is 1. The number of carbonyl (C=O) groups is 1. The summed E-state index contributed by atoms with van der Waals surface area (Å²) in [5, 5.41) is 3.10. The molecule has 3 rings (SSSR count). The highest BCUT2D eigenvalue weighted by Gasteiger charge is 2.34. The van der Waals surface area contributed by atoms with Crippen molar-refractivity contribution in [3.05, 3.63) is 65.2 Å². The number of nitrogens with one attached hydrogen (secondary N) is 2. The number of rotatable bonds is 6. The van der Waals surface area contributed by atoms with Crippen LogP contribution in [-0.4, -0.2) is 27.1 Å². The van der Waals surface area contributed by atoms with Crippen LogP contribution in [0.3, 0.4) is 0 Å². The molecule has 0 spiro atoms. The molecule has 0 aliphatic heterocycles. The summed E-state index contributed by atoms with van der Waals surface area (Å²) in [7, 11) is -3.40. The molecule has 0 heterocycles. The molecule has 2 N–H and O–H groups in total. The molecule has 0 aromatic heterocycles. The van der Waals surface area contributed by atoms with Gasteiger partial charge in [0, 0.05) is 17.5 Å². The number of carbonyl (C=O) groups excluding carboxylic acids is 1. The van der Waals surface area contributed by atoms with Crippen LogP contribution in [0.4, 0.5) is 5.69 Å². The van der Waals surface area contributed by atoms with Gasteiger partial charge >= 0.3 is 0 Å². The summed E-state index contributed by atoms with van der Waals surface area (Å²) in [6, 6.07) is 15.5. The molecule has 0 radical (unpaired) electrons. The standard InChI is InChI=1S/C22H28N2O3S/c1-17-11-12-18(15-20(17)24-28(2,26)27)21(25)23-16-22(13-7-4-8-14-22)19-9-5-3-6-10-19/h3,5-6,9-12,15,24H,4,7-8,13-14,16H2,1-2H3,(H,23,25). The maximum absolute atomic E-state index is 12.8. The molecule has 1 saturated carbocycles. The second kappa shape index (κ2) is 8.35. The number of benzene rings is 2. The molecule has 0 atom stereocenters. The van der Waals surface area contributed by atoms with Crippen molar-refractivity contribution in [3.63, 3.8) is 0 Å². The van der Waals surface area contributed by atoms with Crippen LogP contribution in [0.25, 0.3) is 0 Å². The highest BCUT2D eigenvalue weighted by molar-refractivity contribution is 7.92. The van der Waals surface area contributed by atoms with Gasteiger partial charge in [0.1, 0.15) is 0 Å². The van der Waals surface area contributed by atoms with E-state index >= 15 is 0 Å². The highest BCUT2D eigenvalue weighted by Crippen LogP contribution is 2.39. The monoisotopic (exact) mass is 400 g/mol. The largest absolute Gasteiger partial charge is 0.351 e. The normalized spacial score (nSPS) is 16.4. The average Bonchev–Trinajstić information content (AvgIpc) is 2.68. The van der Waals surface area contributed by atoms with E-state index in [0.29, 0.717) is 17.8 Å². The van der Waals surface area contributed by atoms with E-state index in [9.17, 15) is 13.2 Å². The van der Waals surface area contributed by atoms with Gasteiger partial charge in [0.2, 0.25) is 10.0 Å². The van der Waals surface area contributed by atoms with E-state index in [1.165, 1.54) is 12.0 Å². The quantitative estimate of drug-likeness (QED) is 0.770. The Morgan fingerprint density at radius 3 is 2.36 bits per heavy atom. The third-order valence-corrected chi connectivity index (χ3v) is 6.17. The van der Waals surface area contributed by atoms with E-state index in [4.69, 9.17) is 0 Å². The van der Waals surface area contributed by atoms with Gasteiger partial charge in [-0.3, -0.25) is 9.52 Å². The van der Waals surface area contributed by atoms with E-state index in [0.717, 1.165) is 37.5 Å². The van der Waals surface area contributed by atoms with Crippen LogP contribution in [0, 0.1) is 6.92 Å². The van der Waals surface area contributed by atoms with Gasteiger partial charge in [-0.1, -0.05) is 55.7 Å². The van der Waals surface area contributed by atoms with Gasteiger partial charge in [-0.2, -0.15) is 0 Å². The van der Waals surface area contributed by atoms with Gasteiger partial charge < -0.3 is 5.32 Å². The molecule has 0 bridgehead atoms.